The average molecular weight is 434 g/mol. The molecular formula is C17H12BrF4NO3. The molecule has 0 saturated heterocycles. The first-order valence-corrected chi connectivity index (χ1v) is 7.91. The van der Waals surface area contributed by atoms with Crippen LogP contribution in [0.1, 0.15) is 5.56 Å². The van der Waals surface area contributed by atoms with E-state index in [0.29, 0.717) is 10.2 Å². The normalized spacial score (nSPS) is 11.2. The van der Waals surface area contributed by atoms with Crippen molar-refractivity contribution in [3.8, 4) is 11.5 Å². The third-order valence-electron chi connectivity index (χ3n) is 2.97. The Labute approximate surface area is 154 Å². The van der Waals surface area contributed by atoms with E-state index in [1.165, 1.54) is 12.1 Å². The van der Waals surface area contributed by atoms with Crippen molar-refractivity contribution >= 4 is 33.6 Å². The van der Waals surface area contributed by atoms with Crippen LogP contribution in [0.15, 0.2) is 53.0 Å². The topological polar surface area (TPSA) is 47.6 Å². The Morgan fingerprint density at radius 2 is 1.73 bits per heavy atom. The fraction of sp³-hybridized carbons (Fsp3) is 0.118. The number of anilines is 1. The van der Waals surface area contributed by atoms with Gasteiger partial charge in [0.05, 0.1) is 5.69 Å². The molecule has 2 aromatic carbocycles. The largest absolute Gasteiger partial charge is 0.435 e. The fourth-order valence-electron chi connectivity index (χ4n) is 1.93. The van der Waals surface area contributed by atoms with Gasteiger partial charge in [0.15, 0.2) is 0 Å². The van der Waals surface area contributed by atoms with Crippen molar-refractivity contribution in [3.05, 3.63) is 58.6 Å². The van der Waals surface area contributed by atoms with Crippen LogP contribution < -0.4 is 14.8 Å². The second-order valence-corrected chi connectivity index (χ2v) is 5.61. The van der Waals surface area contributed by atoms with Crippen LogP contribution in [0, 0.1) is 0 Å². The highest BCUT2D eigenvalue weighted by molar-refractivity contribution is 9.10. The zero-order valence-corrected chi connectivity index (χ0v) is 14.6. The van der Waals surface area contributed by atoms with Gasteiger partial charge >= 0.3 is 13.2 Å². The number of nitrogens with one attached hydrogen (secondary N) is 1. The van der Waals surface area contributed by atoms with Crippen LogP contribution in [0.3, 0.4) is 0 Å². The van der Waals surface area contributed by atoms with Gasteiger partial charge in [0.1, 0.15) is 11.5 Å². The summed E-state index contributed by atoms with van der Waals surface area (Å²) in [6.07, 6.45) is 2.32. The van der Waals surface area contributed by atoms with E-state index in [1.807, 2.05) is 0 Å². The lowest BCUT2D eigenvalue weighted by molar-refractivity contribution is -0.111. The van der Waals surface area contributed by atoms with Crippen molar-refractivity contribution in [2.75, 3.05) is 5.32 Å². The van der Waals surface area contributed by atoms with Gasteiger partial charge in [-0.25, -0.2) is 0 Å². The van der Waals surface area contributed by atoms with Crippen molar-refractivity contribution in [1.29, 1.82) is 0 Å². The molecule has 0 aliphatic heterocycles. The van der Waals surface area contributed by atoms with Gasteiger partial charge in [-0.05, 0) is 46.3 Å². The molecule has 0 unspecified atom stereocenters. The molecule has 0 spiro atoms. The van der Waals surface area contributed by atoms with Crippen LogP contribution in [0.2, 0.25) is 0 Å². The number of carbonyl (C=O) groups excluding carboxylic acids is 1. The first-order valence-electron chi connectivity index (χ1n) is 7.12. The number of hydrogen-bond acceptors (Lipinski definition) is 3. The monoisotopic (exact) mass is 433 g/mol. The summed E-state index contributed by atoms with van der Waals surface area (Å²) in [5.74, 6) is -1.26. The highest BCUT2D eigenvalue weighted by atomic mass is 79.9. The molecule has 0 atom stereocenters. The molecule has 0 heterocycles. The van der Waals surface area contributed by atoms with E-state index in [2.05, 4.69) is 30.7 Å². The minimum Gasteiger partial charge on any atom is -0.435 e. The maximum Gasteiger partial charge on any atom is 0.387 e. The number of benzene rings is 2. The van der Waals surface area contributed by atoms with E-state index < -0.39 is 24.9 Å². The van der Waals surface area contributed by atoms with Crippen LogP contribution >= 0.6 is 15.9 Å². The summed E-state index contributed by atoms with van der Waals surface area (Å²) in [6, 6.07) is 10.2. The zero-order valence-electron chi connectivity index (χ0n) is 13.0. The second kappa shape index (κ2) is 9.23. The van der Waals surface area contributed by atoms with E-state index in [1.54, 1.807) is 24.3 Å². The van der Waals surface area contributed by atoms with Gasteiger partial charge < -0.3 is 14.8 Å². The van der Waals surface area contributed by atoms with Crippen molar-refractivity contribution in [1.82, 2.24) is 0 Å². The quantitative estimate of drug-likeness (QED) is 0.475. The molecule has 9 heteroatoms. The Morgan fingerprint density at radius 3 is 2.38 bits per heavy atom. The number of alkyl halides is 4. The summed E-state index contributed by atoms with van der Waals surface area (Å²) in [7, 11) is 0. The molecule has 2 rings (SSSR count). The minimum absolute atomic E-state index is 0.0918. The fourth-order valence-corrected chi connectivity index (χ4v) is 2.31. The molecule has 1 N–H and O–H groups in total. The highest BCUT2D eigenvalue weighted by Crippen LogP contribution is 2.28. The number of hydrogen-bond donors (Lipinski definition) is 1. The SMILES string of the molecule is O=C(/C=C/c1ccc(OC(F)F)cc1OC(F)F)Nc1ccccc1Br. The van der Waals surface area contributed by atoms with Crippen molar-refractivity contribution in [3.63, 3.8) is 0 Å². The van der Waals surface area contributed by atoms with Gasteiger partial charge in [0.25, 0.3) is 0 Å². The van der Waals surface area contributed by atoms with Crippen LogP contribution in [-0.2, 0) is 4.79 Å². The first kappa shape index (κ1) is 19.8. The Kier molecular flexibility index (Phi) is 7.02. The third-order valence-corrected chi connectivity index (χ3v) is 3.66. The summed E-state index contributed by atoms with van der Waals surface area (Å²) < 4.78 is 58.6. The number of amides is 1. The lowest BCUT2D eigenvalue weighted by Crippen LogP contribution is -2.08. The maximum atomic E-state index is 12.5. The van der Waals surface area contributed by atoms with Crippen molar-refractivity contribution in [2.24, 2.45) is 0 Å². The smallest absolute Gasteiger partial charge is 0.387 e. The molecule has 1 amide bonds. The summed E-state index contributed by atoms with van der Waals surface area (Å²) in [5.41, 5.74) is 0.612. The molecule has 0 aliphatic carbocycles. The lowest BCUT2D eigenvalue weighted by Gasteiger charge is -2.11. The predicted octanol–water partition coefficient (Wildman–Crippen LogP) is 5.30. The van der Waals surface area contributed by atoms with E-state index in [9.17, 15) is 22.4 Å². The summed E-state index contributed by atoms with van der Waals surface area (Å²) in [4.78, 5) is 12.0. The number of halogens is 5. The van der Waals surface area contributed by atoms with Gasteiger partial charge in [0, 0.05) is 22.2 Å². The number of rotatable bonds is 7. The molecule has 0 aromatic heterocycles. The Hall–Kier alpha value is -2.55. The van der Waals surface area contributed by atoms with Crippen LogP contribution in [0.25, 0.3) is 6.08 Å². The van der Waals surface area contributed by atoms with E-state index >= 15 is 0 Å². The van der Waals surface area contributed by atoms with E-state index in [0.717, 1.165) is 18.2 Å². The number of carbonyl (C=O) groups is 1. The molecule has 0 bridgehead atoms. The van der Waals surface area contributed by atoms with Crippen molar-refractivity contribution in [2.45, 2.75) is 13.2 Å². The molecule has 0 radical (unpaired) electrons. The van der Waals surface area contributed by atoms with Crippen LogP contribution in [-0.4, -0.2) is 19.1 Å². The zero-order chi connectivity index (χ0) is 19.1. The third kappa shape index (κ3) is 6.07. The highest BCUT2D eigenvalue weighted by Gasteiger charge is 2.12. The summed E-state index contributed by atoms with van der Waals surface area (Å²) in [6.45, 7) is -6.27. The minimum atomic E-state index is -3.17. The molecular weight excluding hydrogens is 422 g/mol. The molecule has 0 saturated carbocycles. The Morgan fingerprint density at radius 1 is 1.04 bits per heavy atom. The summed E-state index contributed by atoms with van der Waals surface area (Å²) in [5, 5.41) is 2.59. The molecule has 0 aliphatic rings. The maximum absolute atomic E-state index is 12.5. The molecule has 138 valence electrons. The number of para-hydroxylation sites is 1. The van der Waals surface area contributed by atoms with Gasteiger partial charge in [-0.15, -0.1) is 0 Å². The molecule has 4 nitrogen and oxygen atoms in total. The van der Waals surface area contributed by atoms with Gasteiger partial charge in [-0.3, -0.25) is 4.79 Å². The second-order valence-electron chi connectivity index (χ2n) is 4.76. The standard InChI is InChI=1S/C17H12BrF4NO3/c18-12-3-1-2-4-13(12)23-15(24)8-6-10-5-7-11(25-16(19)20)9-14(10)26-17(21)22/h1-9,16-17H,(H,23,24)/b8-6+. The van der Waals surface area contributed by atoms with Gasteiger partial charge in [-0.2, -0.15) is 17.6 Å². The average Bonchev–Trinajstić information content (AvgIpc) is 2.55. The first-order chi connectivity index (χ1) is 12.3. The van der Waals surface area contributed by atoms with Gasteiger partial charge in [-0.1, -0.05) is 12.1 Å². The Bertz CT molecular complexity index is 799. The van der Waals surface area contributed by atoms with E-state index in [-0.39, 0.29) is 11.3 Å². The summed E-state index contributed by atoms with van der Waals surface area (Å²) >= 11 is 3.27. The van der Waals surface area contributed by atoms with Crippen LogP contribution in [0.5, 0.6) is 11.5 Å². The van der Waals surface area contributed by atoms with Crippen molar-refractivity contribution < 1.29 is 31.8 Å². The lowest BCUT2D eigenvalue weighted by atomic mass is 10.1. The predicted molar refractivity (Wildman–Crippen MR) is 91.5 cm³/mol. The molecule has 26 heavy (non-hydrogen) atoms. The molecule has 0 fully saturated rings. The Balaban J connectivity index is 2.17. The van der Waals surface area contributed by atoms with Gasteiger partial charge in [0.2, 0.25) is 5.91 Å². The number of ether oxygens (including phenoxy) is 2. The van der Waals surface area contributed by atoms with Crippen LogP contribution in [0.4, 0.5) is 23.2 Å². The van der Waals surface area contributed by atoms with E-state index in [4.69, 9.17) is 0 Å². The molecule has 2 aromatic rings.